The number of methoxy groups -OCH3 is 3. The van der Waals surface area contributed by atoms with Crippen LogP contribution in [-0.4, -0.2) is 128 Å². The van der Waals surface area contributed by atoms with E-state index in [0.29, 0.717) is 59.1 Å². The van der Waals surface area contributed by atoms with Gasteiger partial charge in [-0.15, -0.1) is 0 Å². The second-order valence-corrected chi connectivity index (χ2v) is 28.3. The summed E-state index contributed by atoms with van der Waals surface area (Å²) in [7, 11) is 4.56. The van der Waals surface area contributed by atoms with E-state index in [9.17, 15) is 57.5 Å². The number of amides is 6. The van der Waals surface area contributed by atoms with Crippen molar-refractivity contribution in [2.24, 2.45) is 35.5 Å². The van der Waals surface area contributed by atoms with Crippen LogP contribution in [0.4, 0.5) is 0 Å². The standard InChI is InChI=1S/C28H32N2O5.C28H34N2O5.C27H32N2O5/c1-35-23-9-5-8-20(16-23)27(33)30-24(15-19-10-11-19)25(31)17-21(14-18-6-3-2-4-7-18)26(32)28(34)29-22-12-13-22;1-18(2)14-24(30-27(33)20-10-7-11-23(16-20)35-3)25(31)17-21(15-19-8-5-4-6-9-19)26(32)28(34)29-22-12-13-22;1-17(2)24(29-26(32)19-10-7-11-22(15-19)34-3)23(30)16-20(14-18-8-5-4-6-9-18)25(31)27(33)28-21-12-13-21/h2-9,16,19,21-22,24H,10-15,17H2,1H3,(H,29,34)(H,30,33);4-11,16,18,21-22,24H,12-15,17H2,1-3H3,(H,29,34)(H,30,33);4-11,15,17,20-21,24H,12-14,16H2,1-3H3,(H,28,33)(H,29,32)/t2*21?,24-;20?,24-/m000/s1. The maximum Gasteiger partial charge on any atom is 0.287 e. The summed E-state index contributed by atoms with van der Waals surface area (Å²) in [6.45, 7) is 7.60. The van der Waals surface area contributed by atoms with Gasteiger partial charge in [0.05, 0.1) is 39.5 Å². The first-order chi connectivity index (χ1) is 50.0. The van der Waals surface area contributed by atoms with Gasteiger partial charge in [0.1, 0.15) is 17.2 Å². The fourth-order valence-corrected chi connectivity index (χ4v) is 11.9. The van der Waals surface area contributed by atoms with Crippen molar-refractivity contribution in [2.45, 2.75) is 167 Å². The summed E-state index contributed by atoms with van der Waals surface area (Å²) in [6.07, 6.45) is 8.73. The molecule has 4 aliphatic rings. The molecule has 0 aromatic heterocycles. The van der Waals surface area contributed by atoms with Gasteiger partial charge in [0.2, 0.25) is 17.3 Å². The highest BCUT2D eigenvalue weighted by molar-refractivity contribution is 6.38. The number of benzene rings is 6. The van der Waals surface area contributed by atoms with Crippen LogP contribution < -0.4 is 46.1 Å². The monoisotopic (exact) mass is 1420 g/mol. The Bertz CT molecular complexity index is 3800. The molecular formula is C83H98N6O15. The summed E-state index contributed by atoms with van der Waals surface area (Å²) >= 11 is 0. The van der Waals surface area contributed by atoms with Crippen molar-refractivity contribution in [2.75, 3.05) is 21.3 Å². The van der Waals surface area contributed by atoms with Gasteiger partial charge < -0.3 is 46.1 Å². The molecular weight excluding hydrogens is 1320 g/mol. The summed E-state index contributed by atoms with van der Waals surface area (Å²) in [5, 5.41) is 16.7. The molecule has 0 spiro atoms. The molecule has 3 unspecified atom stereocenters. The largest absolute Gasteiger partial charge is 0.497 e. The van der Waals surface area contributed by atoms with Crippen LogP contribution in [0.1, 0.15) is 159 Å². The van der Waals surface area contributed by atoms with Crippen LogP contribution in [0.2, 0.25) is 0 Å². The van der Waals surface area contributed by atoms with Crippen molar-refractivity contribution >= 4 is 70.1 Å². The number of carbonyl (C=O) groups excluding carboxylic acids is 12. The molecule has 550 valence electrons. The molecule has 0 saturated heterocycles. The molecule has 0 heterocycles. The molecule has 6 N–H and O–H groups in total. The van der Waals surface area contributed by atoms with Gasteiger partial charge in [-0.3, -0.25) is 57.5 Å². The summed E-state index contributed by atoms with van der Waals surface area (Å²) < 4.78 is 15.6. The highest BCUT2D eigenvalue weighted by Gasteiger charge is 2.39. The predicted octanol–water partition coefficient (Wildman–Crippen LogP) is 9.88. The van der Waals surface area contributed by atoms with Gasteiger partial charge in [0.15, 0.2) is 17.3 Å². The molecule has 21 nitrogen and oxygen atoms in total. The lowest BCUT2D eigenvalue weighted by Gasteiger charge is -2.24. The minimum atomic E-state index is -0.802. The summed E-state index contributed by atoms with van der Waals surface area (Å²) in [4.78, 5) is 155. The Morgan fingerprint density at radius 1 is 0.375 bits per heavy atom. The summed E-state index contributed by atoms with van der Waals surface area (Å²) in [5.41, 5.74) is 3.79. The van der Waals surface area contributed by atoms with Crippen molar-refractivity contribution in [3.63, 3.8) is 0 Å². The molecule has 104 heavy (non-hydrogen) atoms. The van der Waals surface area contributed by atoms with Crippen LogP contribution in [0, 0.1) is 35.5 Å². The Labute approximate surface area is 608 Å². The lowest BCUT2D eigenvalue weighted by Crippen LogP contribution is -2.46. The van der Waals surface area contributed by atoms with Crippen LogP contribution in [0.15, 0.2) is 164 Å². The van der Waals surface area contributed by atoms with Crippen molar-refractivity contribution in [3.05, 3.63) is 197 Å². The SMILES string of the molecule is COc1cccc(C(=O)N[C@@H](CC(C)C)C(=O)CC(Cc2ccccc2)C(=O)C(=O)NC2CC2)c1.COc1cccc(C(=O)N[C@@H](CC2CC2)C(=O)CC(Cc2ccccc2)C(=O)C(=O)NC2CC2)c1.COc1cccc(C(=O)N[C@H](C(=O)CC(Cc2ccccc2)C(=O)C(=O)NC2CC2)C(C)C)c1. The van der Waals surface area contributed by atoms with Crippen molar-refractivity contribution < 1.29 is 71.7 Å². The highest BCUT2D eigenvalue weighted by Crippen LogP contribution is 2.35. The van der Waals surface area contributed by atoms with E-state index in [-0.39, 0.29) is 91.2 Å². The Kier molecular flexibility index (Phi) is 29.9. The second-order valence-electron chi connectivity index (χ2n) is 28.3. The first-order valence-corrected chi connectivity index (χ1v) is 36.1. The fourth-order valence-electron chi connectivity index (χ4n) is 11.9. The van der Waals surface area contributed by atoms with Crippen LogP contribution in [0.5, 0.6) is 17.2 Å². The van der Waals surface area contributed by atoms with E-state index >= 15 is 0 Å². The Morgan fingerprint density at radius 2 is 0.692 bits per heavy atom. The summed E-state index contributed by atoms with van der Waals surface area (Å²) in [5.74, 6) is -5.99. The number of hydrogen-bond donors (Lipinski definition) is 6. The smallest absolute Gasteiger partial charge is 0.287 e. The number of nitrogens with one attached hydrogen (secondary N) is 6. The number of Topliss-reactive ketones (excluding diaryl/α,β-unsaturated/α-hetero) is 6. The number of carbonyl (C=O) groups is 12. The van der Waals surface area contributed by atoms with E-state index in [4.69, 9.17) is 14.2 Å². The van der Waals surface area contributed by atoms with Crippen LogP contribution in [0.3, 0.4) is 0 Å². The molecule has 0 radical (unpaired) electrons. The third-order valence-corrected chi connectivity index (χ3v) is 18.5. The molecule has 0 aliphatic heterocycles. The number of rotatable bonds is 38. The molecule has 6 aromatic carbocycles. The second kappa shape index (κ2) is 39.3. The molecule has 21 heteroatoms. The van der Waals surface area contributed by atoms with Gasteiger partial charge in [-0.05, 0) is 160 Å². The minimum absolute atomic E-state index is 0.0510. The van der Waals surface area contributed by atoms with E-state index in [1.807, 2.05) is 119 Å². The number of hydrogen-bond acceptors (Lipinski definition) is 15. The van der Waals surface area contributed by atoms with Gasteiger partial charge in [0.25, 0.3) is 35.4 Å². The third kappa shape index (κ3) is 26.1. The topological polar surface area (TPSA) is 305 Å². The van der Waals surface area contributed by atoms with E-state index < -0.39 is 76.9 Å². The average molecular weight is 1420 g/mol. The van der Waals surface area contributed by atoms with E-state index in [1.54, 1.807) is 72.8 Å². The lowest BCUT2D eigenvalue weighted by atomic mass is 9.86. The molecule has 10 rings (SSSR count). The minimum Gasteiger partial charge on any atom is -0.497 e. The van der Waals surface area contributed by atoms with E-state index in [0.717, 1.165) is 68.1 Å². The van der Waals surface area contributed by atoms with Gasteiger partial charge in [-0.1, -0.05) is 150 Å². The van der Waals surface area contributed by atoms with Gasteiger partial charge in [0, 0.05) is 71.8 Å². The van der Waals surface area contributed by atoms with E-state index in [1.165, 1.54) is 21.3 Å². The molecule has 6 amide bonds. The van der Waals surface area contributed by atoms with Crippen molar-refractivity contribution in [1.29, 1.82) is 0 Å². The maximum atomic E-state index is 13.4. The van der Waals surface area contributed by atoms with Gasteiger partial charge >= 0.3 is 0 Å². The van der Waals surface area contributed by atoms with Gasteiger partial charge in [-0.25, -0.2) is 0 Å². The van der Waals surface area contributed by atoms with Crippen LogP contribution in [-0.2, 0) is 62.4 Å². The zero-order chi connectivity index (χ0) is 74.8. The average Bonchev–Trinajstić information content (AvgIpc) is 1.37. The maximum absolute atomic E-state index is 13.4. The number of ether oxygens (including phenoxy) is 3. The Balaban J connectivity index is 0.000000197. The molecule has 0 bridgehead atoms. The van der Waals surface area contributed by atoms with Crippen LogP contribution in [0.25, 0.3) is 0 Å². The fraction of sp³-hybridized carbons (Fsp3) is 0.422. The van der Waals surface area contributed by atoms with E-state index in [2.05, 4.69) is 31.9 Å². The quantitative estimate of drug-likeness (QED) is 0.0197. The van der Waals surface area contributed by atoms with Crippen molar-refractivity contribution in [3.8, 4) is 17.2 Å². The predicted molar refractivity (Wildman–Crippen MR) is 393 cm³/mol. The lowest BCUT2D eigenvalue weighted by molar-refractivity contribution is -0.141. The first kappa shape index (κ1) is 79.3. The molecule has 4 saturated carbocycles. The highest BCUT2D eigenvalue weighted by atomic mass is 16.5. The molecule has 6 aromatic rings. The van der Waals surface area contributed by atoms with Crippen molar-refractivity contribution in [1.82, 2.24) is 31.9 Å². The summed E-state index contributed by atoms with van der Waals surface area (Å²) in [6, 6.07) is 46.1. The third-order valence-electron chi connectivity index (χ3n) is 18.5. The molecule has 6 atom stereocenters. The first-order valence-electron chi connectivity index (χ1n) is 36.1. The Morgan fingerprint density at radius 3 is 1.00 bits per heavy atom. The van der Waals surface area contributed by atoms with Crippen LogP contribution >= 0.6 is 0 Å². The number of ketones is 6. The molecule has 4 aliphatic carbocycles. The van der Waals surface area contributed by atoms with Gasteiger partial charge in [-0.2, -0.15) is 0 Å². The zero-order valence-corrected chi connectivity index (χ0v) is 60.5. The zero-order valence-electron chi connectivity index (χ0n) is 60.5. The molecule has 4 fully saturated rings. The normalized spacial score (nSPS) is 15.3. The Hall–Kier alpha value is -10.4.